The second-order valence-corrected chi connectivity index (χ2v) is 3.93. The maximum atomic E-state index is 11.5. The Hall–Kier alpha value is -1.82. The first-order valence-electron chi connectivity index (χ1n) is 6.23. The first-order valence-corrected chi connectivity index (χ1v) is 6.23. The summed E-state index contributed by atoms with van der Waals surface area (Å²) in [6, 6.07) is 1.48. The standard InChI is InChI=1S/C13H20N2O4/c1-3-4-5-18-6-7-19-12-11(13(16)17-2)8-10(14)9-15-12/h8-9H,3-7,14H2,1-2H3. The minimum absolute atomic E-state index is 0.208. The van der Waals surface area contributed by atoms with Crippen molar-refractivity contribution in [3.63, 3.8) is 0 Å². The van der Waals surface area contributed by atoms with Crippen molar-refractivity contribution in [3.8, 4) is 5.88 Å². The molecule has 1 heterocycles. The van der Waals surface area contributed by atoms with Crippen molar-refractivity contribution in [2.75, 3.05) is 32.7 Å². The van der Waals surface area contributed by atoms with Crippen molar-refractivity contribution in [1.82, 2.24) is 4.98 Å². The zero-order chi connectivity index (χ0) is 14.1. The molecule has 0 aliphatic carbocycles. The van der Waals surface area contributed by atoms with Crippen LogP contribution < -0.4 is 10.5 Å². The van der Waals surface area contributed by atoms with Gasteiger partial charge in [0.15, 0.2) is 0 Å². The van der Waals surface area contributed by atoms with Gasteiger partial charge in [-0.05, 0) is 12.5 Å². The molecule has 19 heavy (non-hydrogen) atoms. The van der Waals surface area contributed by atoms with Crippen LogP contribution in [0.2, 0.25) is 0 Å². The van der Waals surface area contributed by atoms with Crippen molar-refractivity contribution in [2.24, 2.45) is 0 Å². The molecular weight excluding hydrogens is 248 g/mol. The van der Waals surface area contributed by atoms with Gasteiger partial charge in [-0.25, -0.2) is 9.78 Å². The second-order valence-electron chi connectivity index (χ2n) is 3.93. The van der Waals surface area contributed by atoms with Crippen LogP contribution in [0.1, 0.15) is 30.1 Å². The molecule has 0 aromatic carbocycles. The van der Waals surface area contributed by atoms with Crippen LogP contribution in [0.5, 0.6) is 5.88 Å². The zero-order valence-electron chi connectivity index (χ0n) is 11.3. The van der Waals surface area contributed by atoms with E-state index in [9.17, 15) is 4.79 Å². The molecule has 6 nitrogen and oxygen atoms in total. The molecule has 0 radical (unpaired) electrons. The lowest BCUT2D eigenvalue weighted by atomic mass is 10.2. The predicted molar refractivity (Wildman–Crippen MR) is 71.2 cm³/mol. The second kappa shape index (κ2) is 8.31. The number of carbonyl (C=O) groups is 1. The predicted octanol–water partition coefficient (Wildman–Crippen LogP) is 1.65. The van der Waals surface area contributed by atoms with Crippen LogP contribution in [0.25, 0.3) is 0 Å². The summed E-state index contributed by atoms with van der Waals surface area (Å²) < 4.78 is 15.4. The number of nitrogens with zero attached hydrogens (tertiary/aromatic N) is 1. The van der Waals surface area contributed by atoms with Crippen LogP contribution in [0.15, 0.2) is 12.3 Å². The minimum atomic E-state index is -0.526. The van der Waals surface area contributed by atoms with Crippen molar-refractivity contribution >= 4 is 11.7 Å². The van der Waals surface area contributed by atoms with Crippen LogP contribution in [0.3, 0.4) is 0 Å². The average Bonchev–Trinajstić information content (AvgIpc) is 2.43. The van der Waals surface area contributed by atoms with Gasteiger partial charge in [-0.2, -0.15) is 0 Å². The molecule has 0 bridgehead atoms. The molecule has 0 aliphatic heterocycles. The highest BCUT2D eigenvalue weighted by atomic mass is 16.5. The van der Waals surface area contributed by atoms with Gasteiger partial charge in [-0.3, -0.25) is 0 Å². The third-order valence-electron chi connectivity index (χ3n) is 2.39. The maximum absolute atomic E-state index is 11.5. The topological polar surface area (TPSA) is 83.7 Å². The monoisotopic (exact) mass is 268 g/mol. The number of nitrogens with two attached hydrogens (primary N) is 1. The van der Waals surface area contributed by atoms with E-state index >= 15 is 0 Å². The molecule has 1 rings (SSSR count). The number of esters is 1. The number of anilines is 1. The Morgan fingerprint density at radius 3 is 2.84 bits per heavy atom. The van der Waals surface area contributed by atoms with Gasteiger partial charge in [-0.15, -0.1) is 0 Å². The molecule has 0 aliphatic rings. The van der Waals surface area contributed by atoms with E-state index in [-0.39, 0.29) is 11.4 Å². The number of aromatic nitrogens is 1. The molecule has 106 valence electrons. The molecule has 0 amide bonds. The Bertz CT molecular complexity index is 410. The summed E-state index contributed by atoms with van der Waals surface area (Å²) in [4.78, 5) is 15.5. The third-order valence-corrected chi connectivity index (χ3v) is 2.39. The van der Waals surface area contributed by atoms with Crippen LogP contribution in [-0.4, -0.2) is 37.9 Å². The van der Waals surface area contributed by atoms with Crippen LogP contribution in [0.4, 0.5) is 5.69 Å². The van der Waals surface area contributed by atoms with E-state index in [0.29, 0.717) is 25.5 Å². The van der Waals surface area contributed by atoms with Crippen molar-refractivity contribution in [3.05, 3.63) is 17.8 Å². The Morgan fingerprint density at radius 1 is 1.37 bits per heavy atom. The van der Waals surface area contributed by atoms with E-state index in [4.69, 9.17) is 15.2 Å². The molecule has 0 saturated heterocycles. The van der Waals surface area contributed by atoms with Crippen molar-refractivity contribution < 1.29 is 19.0 Å². The molecule has 0 unspecified atom stereocenters. The van der Waals surface area contributed by atoms with Crippen LogP contribution >= 0.6 is 0 Å². The smallest absolute Gasteiger partial charge is 0.343 e. The van der Waals surface area contributed by atoms with E-state index in [0.717, 1.165) is 12.8 Å². The number of ether oxygens (including phenoxy) is 3. The number of methoxy groups -OCH3 is 1. The number of unbranched alkanes of at least 4 members (excludes halogenated alkanes) is 1. The number of hydrogen-bond donors (Lipinski definition) is 1. The van der Waals surface area contributed by atoms with Gasteiger partial charge in [0.05, 0.1) is 25.6 Å². The lowest BCUT2D eigenvalue weighted by molar-refractivity contribution is 0.0588. The minimum Gasteiger partial charge on any atom is -0.475 e. The van der Waals surface area contributed by atoms with Crippen LogP contribution in [-0.2, 0) is 9.47 Å². The highest BCUT2D eigenvalue weighted by molar-refractivity contribution is 5.92. The van der Waals surface area contributed by atoms with Gasteiger partial charge < -0.3 is 19.9 Å². The highest BCUT2D eigenvalue weighted by Gasteiger charge is 2.15. The number of hydrogen-bond acceptors (Lipinski definition) is 6. The SMILES string of the molecule is CCCCOCCOc1ncc(N)cc1C(=O)OC. The number of rotatable bonds is 8. The number of carbonyl (C=O) groups excluding carboxylic acids is 1. The fraction of sp³-hybridized carbons (Fsp3) is 0.538. The summed E-state index contributed by atoms with van der Waals surface area (Å²) in [5.74, 6) is -0.318. The van der Waals surface area contributed by atoms with E-state index in [1.54, 1.807) is 0 Å². The molecule has 1 aromatic rings. The molecule has 6 heteroatoms. The Balaban J connectivity index is 2.50. The molecule has 0 atom stereocenters. The van der Waals surface area contributed by atoms with Gasteiger partial charge in [0.25, 0.3) is 0 Å². The van der Waals surface area contributed by atoms with E-state index in [1.807, 2.05) is 0 Å². The van der Waals surface area contributed by atoms with Crippen molar-refractivity contribution in [1.29, 1.82) is 0 Å². The molecule has 0 spiro atoms. The summed E-state index contributed by atoms with van der Waals surface area (Å²) in [7, 11) is 1.29. The zero-order valence-corrected chi connectivity index (χ0v) is 11.3. The Morgan fingerprint density at radius 2 is 2.16 bits per heavy atom. The summed E-state index contributed by atoms with van der Waals surface area (Å²) in [5, 5.41) is 0. The van der Waals surface area contributed by atoms with Crippen LogP contribution in [0, 0.1) is 0 Å². The number of nitrogen functional groups attached to an aromatic ring is 1. The first-order chi connectivity index (χ1) is 9.19. The van der Waals surface area contributed by atoms with E-state index < -0.39 is 5.97 Å². The fourth-order valence-electron chi connectivity index (χ4n) is 1.39. The molecule has 2 N–H and O–H groups in total. The molecule has 0 fully saturated rings. The lowest BCUT2D eigenvalue weighted by Gasteiger charge is -2.10. The number of pyridine rings is 1. The van der Waals surface area contributed by atoms with Gasteiger partial charge in [0.2, 0.25) is 5.88 Å². The van der Waals surface area contributed by atoms with Gasteiger partial charge in [-0.1, -0.05) is 13.3 Å². The van der Waals surface area contributed by atoms with Gasteiger partial charge in [0.1, 0.15) is 12.2 Å². The summed E-state index contributed by atoms with van der Waals surface area (Å²) >= 11 is 0. The normalized spacial score (nSPS) is 10.2. The fourth-order valence-corrected chi connectivity index (χ4v) is 1.39. The van der Waals surface area contributed by atoms with Gasteiger partial charge >= 0.3 is 5.97 Å². The summed E-state index contributed by atoms with van der Waals surface area (Å²) in [6.07, 6.45) is 3.54. The first kappa shape index (κ1) is 15.2. The summed E-state index contributed by atoms with van der Waals surface area (Å²) in [6.45, 7) is 3.58. The van der Waals surface area contributed by atoms with Gasteiger partial charge in [0, 0.05) is 6.61 Å². The average molecular weight is 268 g/mol. The van der Waals surface area contributed by atoms with Crippen molar-refractivity contribution in [2.45, 2.75) is 19.8 Å². The Labute approximate surface area is 112 Å². The highest BCUT2D eigenvalue weighted by Crippen LogP contribution is 2.18. The van der Waals surface area contributed by atoms with E-state index in [1.165, 1.54) is 19.4 Å². The summed E-state index contributed by atoms with van der Waals surface area (Å²) in [5.41, 5.74) is 6.18. The quantitative estimate of drug-likeness (QED) is 0.570. The maximum Gasteiger partial charge on any atom is 0.343 e. The van der Waals surface area contributed by atoms with E-state index in [2.05, 4.69) is 16.6 Å². The molecule has 1 aromatic heterocycles. The largest absolute Gasteiger partial charge is 0.475 e. The third kappa shape index (κ3) is 5.13. The molecular formula is C13H20N2O4. The molecule has 0 saturated carbocycles. The Kier molecular flexibility index (Phi) is 6.67. The lowest BCUT2D eigenvalue weighted by Crippen LogP contribution is -2.12.